The summed E-state index contributed by atoms with van der Waals surface area (Å²) in [5.74, 6) is 2.04. The lowest BCUT2D eigenvalue weighted by Crippen LogP contribution is -2.23. The molecule has 7 heteroatoms. The maximum Gasteiger partial charge on any atom is 0.336 e. The molecule has 0 fully saturated rings. The monoisotopic (exact) mass is 474 g/mol. The van der Waals surface area contributed by atoms with Crippen molar-refractivity contribution in [2.45, 2.75) is 25.9 Å². The van der Waals surface area contributed by atoms with Crippen LogP contribution in [0.25, 0.3) is 5.57 Å². The zero-order valence-corrected chi connectivity index (χ0v) is 19.6. The van der Waals surface area contributed by atoms with Gasteiger partial charge in [0.05, 0.1) is 19.3 Å². The predicted octanol–water partition coefficient (Wildman–Crippen LogP) is 5.62. The van der Waals surface area contributed by atoms with Gasteiger partial charge in [-0.05, 0) is 60.0 Å². The quantitative estimate of drug-likeness (QED) is 0.424. The normalized spacial score (nSPS) is 15.9. The molecule has 3 aromatic rings. The van der Waals surface area contributed by atoms with Crippen LogP contribution in [0.2, 0.25) is 0 Å². The minimum Gasteiger partial charge on any atom is -0.497 e. The summed E-state index contributed by atoms with van der Waals surface area (Å²) in [5.41, 5.74) is 2.74. The summed E-state index contributed by atoms with van der Waals surface area (Å²) in [6, 6.07) is 18.2. The number of carboxylic acid groups (broad SMARTS) is 1. The van der Waals surface area contributed by atoms with Gasteiger partial charge in [-0.2, -0.15) is 0 Å². The van der Waals surface area contributed by atoms with Crippen molar-refractivity contribution in [1.29, 1.82) is 0 Å². The summed E-state index contributed by atoms with van der Waals surface area (Å²) < 4.78 is 28.5. The van der Waals surface area contributed by atoms with Gasteiger partial charge in [0.25, 0.3) is 0 Å². The zero-order valence-electron chi connectivity index (χ0n) is 19.6. The number of hydrogen-bond donors (Lipinski definition) is 1. The van der Waals surface area contributed by atoms with Crippen LogP contribution >= 0.6 is 0 Å². The molecule has 0 bridgehead atoms. The Kier molecular flexibility index (Phi) is 6.23. The molecule has 7 nitrogen and oxygen atoms in total. The second-order valence-corrected chi connectivity index (χ2v) is 8.29. The molecule has 1 unspecified atom stereocenters. The van der Waals surface area contributed by atoms with E-state index in [1.54, 1.807) is 25.3 Å². The highest BCUT2D eigenvalue weighted by Crippen LogP contribution is 2.48. The number of fused-ring (bicyclic) bond motifs is 2. The van der Waals surface area contributed by atoms with E-state index in [0.29, 0.717) is 57.6 Å². The highest BCUT2D eigenvalue weighted by Gasteiger charge is 2.35. The Labute approximate surface area is 203 Å². The molecule has 5 rings (SSSR count). The lowest BCUT2D eigenvalue weighted by atomic mass is 9.85. The molecule has 180 valence electrons. The van der Waals surface area contributed by atoms with Gasteiger partial charge in [-0.1, -0.05) is 31.5 Å². The molecule has 1 atom stereocenters. The zero-order chi connectivity index (χ0) is 24.4. The largest absolute Gasteiger partial charge is 0.497 e. The lowest BCUT2D eigenvalue weighted by molar-refractivity contribution is -0.133. The Morgan fingerprint density at radius 1 is 0.971 bits per heavy atom. The van der Waals surface area contributed by atoms with E-state index in [9.17, 15) is 9.90 Å². The van der Waals surface area contributed by atoms with Crippen LogP contribution in [0.3, 0.4) is 0 Å². The first kappa shape index (κ1) is 22.7. The number of benzene rings is 3. The summed E-state index contributed by atoms with van der Waals surface area (Å²) >= 11 is 0. The minimum absolute atomic E-state index is 0.132. The molecule has 3 aromatic carbocycles. The van der Waals surface area contributed by atoms with Crippen LogP contribution in [0.5, 0.6) is 28.7 Å². The summed E-state index contributed by atoms with van der Waals surface area (Å²) in [6.45, 7) is 2.82. The Morgan fingerprint density at radius 3 is 2.46 bits per heavy atom. The fourth-order valence-corrected chi connectivity index (χ4v) is 4.29. The van der Waals surface area contributed by atoms with Crippen LogP contribution in [0, 0.1) is 0 Å². The van der Waals surface area contributed by atoms with Crippen LogP contribution in [-0.4, -0.2) is 31.6 Å². The first-order valence-corrected chi connectivity index (χ1v) is 11.5. The SMILES string of the molecule is CCCCOc1ccc2c(c1)C(c1ccc3c(c1)OCO3)=C(C(=O)O)C(c1ccc(OC)cc1)O2. The number of ether oxygens (including phenoxy) is 5. The van der Waals surface area contributed by atoms with Crippen LogP contribution in [0.1, 0.15) is 42.6 Å². The van der Waals surface area contributed by atoms with E-state index in [-0.39, 0.29) is 12.4 Å². The second-order valence-electron chi connectivity index (χ2n) is 8.29. The van der Waals surface area contributed by atoms with Gasteiger partial charge in [-0.15, -0.1) is 0 Å². The summed E-state index contributed by atoms with van der Waals surface area (Å²) in [4.78, 5) is 12.7. The number of rotatable bonds is 8. The van der Waals surface area contributed by atoms with Gasteiger partial charge in [0, 0.05) is 11.1 Å². The fourth-order valence-electron chi connectivity index (χ4n) is 4.29. The van der Waals surface area contributed by atoms with Gasteiger partial charge >= 0.3 is 5.97 Å². The van der Waals surface area contributed by atoms with E-state index in [4.69, 9.17) is 23.7 Å². The van der Waals surface area contributed by atoms with Crippen LogP contribution in [0.15, 0.2) is 66.2 Å². The molecule has 35 heavy (non-hydrogen) atoms. The second kappa shape index (κ2) is 9.62. The molecule has 0 spiro atoms. The van der Waals surface area contributed by atoms with Crippen molar-refractivity contribution in [2.24, 2.45) is 0 Å². The molecule has 0 aliphatic carbocycles. The number of carbonyl (C=O) groups is 1. The third kappa shape index (κ3) is 4.37. The molecule has 0 amide bonds. The molecule has 2 aliphatic heterocycles. The molecule has 0 saturated heterocycles. The van der Waals surface area contributed by atoms with Gasteiger partial charge in [0.2, 0.25) is 6.79 Å². The Morgan fingerprint density at radius 2 is 1.71 bits per heavy atom. The van der Waals surface area contributed by atoms with Crippen LogP contribution in [-0.2, 0) is 4.79 Å². The first-order valence-electron chi connectivity index (χ1n) is 11.5. The molecule has 2 aliphatic rings. The highest BCUT2D eigenvalue weighted by atomic mass is 16.7. The van der Waals surface area contributed by atoms with Crippen LogP contribution in [0.4, 0.5) is 0 Å². The number of methoxy groups -OCH3 is 1. The van der Waals surface area contributed by atoms with E-state index < -0.39 is 12.1 Å². The lowest BCUT2D eigenvalue weighted by Gasteiger charge is -2.30. The van der Waals surface area contributed by atoms with E-state index in [0.717, 1.165) is 12.8 Å². The van der Waals surface area contributed by atoms with E-state index in [2.05, 4.69) is 6.92 Å². The molecule has 0 radical (unpaired) electrons. The number of aliphatic carboxylic acids is 1. The molecule has 2 heterocycles. The van der Waals surface area contributed by atoms with Gasteiger partial charge < -0.3 is 28.8 Å². The van der Waals surface area contributed by atoms with Crippen molar-refractivity contribution in [3.05, 3.63) is 82.9 Å². The van der Waals surface area contributed by atoms with E-state index in [1.807, 2.05) is 42.5 Å². The highest BCUT2D eigenvalue weighted by molar-refractivity contribution is 6.04. The third-order valence-corrected chi connectivity index (χ3v) is 6.07. The topological polar surface area (TPSA) is 83.5 Å². The minimum atomic E-state index is -1.07. The molecular weight excluding hydrogens is 448 g/mol. The van der Waals surface area contributed by atoms with Gasteiger partial charge in [0.1, 0.15) is 17.2 Å². The van der Waals surface area contributed by atoms with Crippen molar-refractivity contribution in [2.75, 3.05) is 20.5 Å². The maximum absolute atomic E-state index is 12.7. The third-order valence-electron chi connectivity index (χ3n) is 6.07. The molecule has 1 N–H and O–H groups in total. The van der Waals surface area contributed by atoms with Gasteiger partial charge in [0.15, 0.2) is 17.6 Å². The smallest absolute Gasteiger partial charge is 0.336 e. The van der Waals surface area contributed by atoms with Gasteiger partial charge in [-0.3, -0.25) is 0 Å². The average molecular weight is 475 g/mol. The maximum atomic E-state index is 12.7. The van der Waals surface area contributed by atoms with Crippen LogP contribution < -0.4 is 23.7 Å². The molecule has 0 aromatic heterocycles. The van der Waals surface area contributed by atoms with E-state index in [1.165, 1.54) is 0 Å². The first-order chi connectivity index (χ1) is 17.1. The number of unbranched alkanes of at least 4 members (excludes halogenated alkanes) is 1. The summed E-state index contributed by atoms with van der Waals surface area (Å²) in [6.07, 6.45) is 1.12. The standard InChI is InChI=1S/C28H26O7/c1-3-4-13-32-20-10-12-22-21(15-20)25(18-7-11-23-24(14-18)34-16-33-23)26(28(29)30)27(35-22)17-5-8-19(31-2)9-6-17/h5-12,14-15,27H,3-4,13,16H2,1-2H3,(H,29,30). The average Bonchev–Trinajstić information content (AvgIpc) is 3.35. The van der Waals surface area contributed by atoms with Crippen molar-refractivity contribution in [3.63, 3.8) is 0 Å². The van der Waals surface area contributed by atoms with Crippen molar-refractivity contribution in [3.8, 4) is 28.7 Å². The predicted molar refractivity (Wildman–Crippen MR) is 129 cm³/mol. The Hall–Kier alpha value is -4.13. The number of hydrogen-bond acceptors (Lipinski definition) is 6. The van der Waals surface area contributed by atoms with Crippen molar-refractivity contribution in [1.82, 2.24) is 0 Å². The fraction of sp³-hybridized carbons (Fsp3) is 0.250. The van der Waals surface area contributed by atoms with Gasteiger partial charge in [-0.25, -0.2) is 4.79 Å². The Balaban J connectivity index is 1.68. The molecular formula is C28H26O7. The summed E-state index contributed by atoms with van der Waals surface area (Å²) in [7, 11) is 1.59. The van der Waals surface area contributed by atoms with Crippen molar-refractivity contribution >= 4 is 11.5 Å². The van der Waals surface area contributed by atoms with Crippen molar-refractivity contribution < 1.29 is 33.6 Å². The number of carboxylic acids is 1. The molecule has 0 saturated carbocycles. The van der Waals surface area contributed by atoms with E-state index >= 15 is 0 Å². The Bertz CT molecular complexity index is 1280. The summed E-state index contributed by atoms with van der Waals surface area (Å²) in [5, 5.41) is 10.4.